The molecule has 1 rings (SSSR count). The number of nitrogens with zero attached hydrogens (tertiary/aromatic N) is 1. The Bertz CT molecular complexity index is 67.1. The van der Waals surface area contributed by atoms with E-state index in [-0.39, 0.29) is 8.30 Å². The summed E-state index contributed by atoms with van der Waals surface area (Å²) in [5, 5.41) is 0. The molecule has 1 aliphatic heterocycles. The lowest BCUT2D eigenvalue weighted by Gasteiger charge is -2.23. The van der Waals surface area contributed by atoms with Gasteiger partial charge in [-0.2, -0.15) is 0 Å². The lowest BCUT2D eigenvalue weighted by molar-refractivity contribution is 0.0736. The Balaban J connectivity index is 2.13. The second-order valence-electron chi connectivity index (χ2n) is 1.85. The minimum Gasteiger partial charge on any atom is -0.379 e. The van der Waals surface area contributed by atoms with Crippen molar-refractivity contribution in [1.82, 2.24) is 4.57 Å². The number of rotatable bonds is 1. The average Bonchev–Trinajstić information content (AvgIpc) is 1.90. The highest BCUT2D eigenvalue weighted by atomic mass is 79.9. The summed E-state index contributed by atoms with van der Waals surface area (Å²) in [5.41, 5.74) is 0. The first kappa shape index (κ1) is 6.73. The van der Waals surface area contributed by atoms with Crippen molar-refractivity contribution in [2.24, 2.45) is 0 Å². The third-order valence-corrected chi connectivity index (χ3v) is 4.37. The maximum atomic E-state index is 5.16. The van der Waals surface area contributed by atoms with Crippen molar-refractivity contribution < 1.29 is 4.74 Å². The maximum Gasteiger partial charge on any atom is 0.171 e. The van der Waals surface area contributed by atoms with Gasteiger partial charge in [-0.15, -0.1) is 15.3 Å². The van der Waals surface area contributed by atoms with E-state index < -0.39 is 0 Å². The van der Waals surface area contributed by atoms with Crippen molar-refractivity contribution in [2.45, 2.75) is 0 Å². The van der Waals surface area contributed by atoms with Gasteiger partial charge in [0.05, 0.1) is 13.2 Å². The maximum absolute atomic E-state index is 5.16. The molecule has 0 unspecified atom stereocenters. The molecular formula is C4H10BrNOSi. The molecule has 4 heteroatoms. The first-order valence-electron chi connectivity index (χ1n) is 2.79. The van der Waals surface area contributed by atoms with Crippen LogP contribution in [0.2, 0.25) is 0 Å². The molecule has 0 amide bonds. The quantitative estimate of drug-likeness (QED) is 0.422. The molecule has 48 valence electrons. The molecule has 0 bridgehead atoms. The minimum absolute atomic E-state index is 0.0660. The Labute approximate surface area is 59.7 Å². The molecule has 0 spiro atoms. The van der Waals surface area contributed by atoms with E-state index in [1.807, 2.05) is 0 Å². The number of hydrogen-bond acceptors (Lipinski definition) is 2. The zero-order chi connectivity index (χ0) is 5.82. The van der Waals surface area contributed by atoms with Crippen LogP contribution in [0.3, 0.4) is 0 Å². The van der Waals surface area contributed by atoms with Crippen LogP contribution in [-0.4, -0.2) is 39.2 Å². The van der Waals surface area contributed by atoms with E-state index in [1.165, 1.54) is 0 Å². The van der Waals surface area contributed by atoms with Gasteiger partial charge in [-0.3, -0.25) is 0 Å². The van der Waals surface area contributed by atoms with E-state index in [0.717, 1.165) is 26.3 Å². The topological polar surface area (TPSA) is 12.5 Å². The Morgan fingerprint density at radius 3 is 2.38 bits per heavy atom. The normalized spacial score (nSPS) is 25.1. The summed E-state index contributed by atoms with van der Waals surface area (Å²) in [4.78, 5) is 0. The lowest BCUT2D eigenvalue weighted by Crippen LogP contribution is -2.36. The summed E-state index contributed by atoms with van der Waals surface area (Å²) in [7, 11) is -0.0660. The number of halogens is 1. The zero-order valence-electron chi connectivity index (χ0n) is 4.77. The van der Waals surface area contributed by atoms with Crippen LogP contribution in [0.25, 0.3) is 0 Å². The number of ether oxygens (including phenoxy) is 1. The third-order valence-electron chi connectivity index (χ3n) is 1.27. The van der Waals surface area contributed by atoms with Crippen molar-refractivity contribution in [3.8, 4) is 0 Å². The molecule has 0 aromatic rings. The Hall–Kier alpha value is 0.617. The molecule has 1 saturated heterocycles. The summed E-state index contributed by atoms with van der Waals surface area (Å²) in [6.45, 7) is 4.13. The van der Waals surface area contributed by atoms with Gasteiger partial charge in [0.15, 0.2) is 8.30 Å². The van der Waals surface area contributed by atoms with Gasteiger partial charge in [-0.1, -0.05) is 0 Å². The molecule has 0 aliphatic carbocycles. The molecule has 0 saturated carbocycles. The van der Waals surface area contributed by atoms with Crippen molar-refractivity contribution >= 4 is 23.6 Å². The third kappa shape index (κ3) is 1.85. The van der Waals surface area contributed by atoms with Crippen LogP contribution in [0.5, 0.6) is 0 Å². The summed E-state index contributed by atoms with van der Waals surface area (Å²) >= 11 is 3.52. The molecule has 1 heterocycles. The number of hydrogen-bond donors (Lipinski definition) is 0. The van der Waals surface area contributed by atoms with Crippen LogP contribution in [0.4, 0.5) is 0 Å². The Kier molecular flexibility index (Phi) is 3.03. The molecule has 0 aromatic carbocycles. The predicted molar refractivity (Wildman–Crippen MR) is 39.9 cm³/mol. The zero-order valence-corrected chi connectivity index (χ0v) is 7.77. The van der Waals surface area contributed by atoms with Gasteiger partial charge in [-0.05, 0) is 0 Å². The monoisotopic (exact) mass is 195 g/mol. The fourth-order valence-electron chi connectivity index (χ4n) is 0.721. The summed E-state index contributed by atoms with van der Waals surface area (Å²) in [6, 6.07) is 0. The van der Waals surface area contributed by atoms with Gasteiger partial charge < -0.3 is 9.30 Å². The van der Waals surface area contributed by atoms with Gasteiger partial charge in [-0.25, -0.2) is 0 Å². The highest BCUT2D eigenvalue weighted by molar-refractivity contribution is 9.23. The first-order chi connectivity index (χ1) is 3.93. The standard InChI is InChI=1S/C4H10BrNOSi/c5-8-6-1-3-7-4-2-6/h1-4,8H2. The van der Waals surface area contributed by atoms with Crippen molar-refractivity contribution in [1.29, 1.82) is 0 Å². The van der Waals surface area contributed by atoms with Gasteiger partial charge in [0, 0.05) is 13.1 Å². The van der Waals surface area contributed by atoms with Crippen molar-refractivity contribution in [3.63, 3.8) is 0 Å². The molecule has 0 atom stereocenters. The van der Waals surface area contributed by atoms with Crippen LogP contribution in [0.15, 0.2) is 0 Å². The highest BCUT2D eigenvalue weighted by Gasteiger charge is 2.06. The van der Waals surface area contributed by atoms with Crippen LogP contribution in [-0.2, 0) is 4.74 Å². The highest BCUT2D eigenvalue weighted by Crippen LogP contribution is 1.95. The molecular weight excluding hydrogens is 186 g/mol. The van der Waals surface area contributed by atoms with Crippen LogP contribution < -0.4 is 0 Å². The molecule has 8 heavy (non-hydrogen) atoms. The fraction of sp³-hybridized carbons (Fsp3) is 1.00. The fourth-order valence-corrected chi connectivity index (χ4v) is 2.72. The summed E-state index contributed by atoms with van der Waals surface area (Å²) in [5.74, 6) is 0. The number of morpholine rings is 1. The molecule has 1 fully saturated rings. The lowest BCUT2D eigenvalue weighted by atomic mass is 10.5. The largest absolute Gasteiger partial charge is 0.379 e. The molecule has 2 nitrogen and oxygen atoms in total. The van der Waals surface area contributed by atoms with E-state index in [0.29, 0.717) is 0 Å². The van der Waals surface area contributed by atoms with Crippen LogP contribution in [0, 0.1) is 0 Å². The molecule has 1 aliphatic rings. The summed E-state index contributed by atoms with van der Waals surface area (Å²) in [6.07, 6.45) is 0. The van der Waals surface area contributed by atoms with Crippen LogP contribution in [0.1, 0.15) is 0 Å². The Morgan fingerprint density at radius 1 is 1.38 bits per heavy atom. The Morgan fingerprint density at radius 2 is 2.00 bits per heavy atom. The summed E-state index contributed by atoms with van der Waals surface area (Å²) < 4.78 is 7.61. The van der Waals surface area contributed by atoms with Crippen molar-refractivity contribution in [3.05, 3.63) is 0 Å². The predicted octanol–water partition coefficient (Wildman–Crippen LogP) is -0.288. The average molecular weight is 196 g/mol. The van der Waals surface area contributed by atoms with Gasteiger partial charge in [0.1, 0.15) is 0 Å². The SMILES string of the molecule is Br[SiH2]N1CCOCC1. The molecule has 0 aromatic heterocycles. The van der Waals surface area contributed by atoms with E-state index in [4.69, 9.17) is 4.74 Å². The van der Waals surface area contributed by atoms with Gasteiger partial charge in [0.25, 0.3) is 0 Å². The van der Waals surface area contributed by atoms with E-state index >= 15 is 0 Å². The minimum atomic E-state index is -0.0660. The molecule has 0 radical (unpaired) electrons. The second-order valence-corrected chi connectivity index (χ2v) is 4.49. The van der Waals surface area contributed by atoms with Crippen molar-refractivity contribution in [2.75, 3.05) is 26.3 Å². The van der Waals surface area contributed by atoms with Gasteiger partial charge >= 0.3 is 0 Å². The smallest absolute Gasteiger partial charge is 0.171 e. The second kappa shape index (κ2) is 3.61. The molecule has 0 N–H and O–H groups in total. The van der Waals surface area contributed by atoms with E-state index in [2.05, 4.69) is 19.9 Å². The van der Waals surface area contributed by atoms with Gasteiger partial charge in [0.2, 0.25) is 0 Å². The first-order valence-corrected chi connectivity index (χ1v) is 7.32. The van der Waals surface area contributed by atoms with Crippen LogP contribution >= 0.6 is 15.3 Å². The van der Waals surface area contributed by atoms with E-state index in [1.54, 1.807) is 0 Å². The van der Waals surface area contributed by atoms with E-state index in [9.17, 15) is 0 Å².